The van der Waals surface area contributed by atoms with E-state index < -0.39 is 11.7 Å². The van der Waals surface area contributed by atoms with E-state index in [1.807, 2.05) is 27.9 Å². The Balaban J connectivity index is 2.93. The van der Waals surface area contributed by atoms with Crippen molar-refractivity contribution in [2.75, 3.05) is 20.6 Å². The Morgan fingerprint density at radius 2 is 1.80 bits per heavy atom. The van der Waals surface area contributed by atoms with E-state index in [4.69, 9.17) is 11.8 Å². The summed E-state index contributed by atoms with van der Waals surface area (Å²) in [7, 11) is 3.78. The lowest BCUT2D eigenvalue weighted by Crippen LogP contribution is -2.46. The third-order valence-electron chi connectivity index (χ3n) is 3.42. The van der Waals surface area contributed by atoms with Crippen LogP contribution in [0.15, 0.2) is 24.3 Å². The van der Waals surface area contributed by atoms with E-state index >= 15 is 0 Å². The van der Waals surface area contributed by atoms with Crippen molar-refractivity contribution < 1.29 is 13.2 Å². The van der Waals surface area contributed by atoms with Crippen molar-refractivity contribution in [3.8, 4) is 0 Å². The highest BCUT2D eigenvalue weighted by atomic mass is 35.5. The van der Waals surface area contributed by atoms with Crippen molar-refractivity contribution in [2.45, 2.75) is 32.0 Å². The van der Waals surface area contributed by atoms with Gasteiger partial charge in [-0.3, -0.25) is 4.48 Å². The molecule has 1 N–H and O–H groups in total. The lowest BCUT2D eigenvalue weighted by molar-refractivity contribution is -0.137. The molecule has 0 aliphatic heterocycles. The molecule has 0 atom stereocenters. The molecule has 0 heterocycles. The fourth-order valence-corrected chi connectivity index (χ4v) is 1.89. The molecule has 20 heavy (non-hydrogen) atoms. The van der Waals surface area contributed by atoms with Gasteiger partial charge in [-0.2, -0.15) is 13.2 Å². The number of quaternary nitrogens is 1. The lowest BCUT2D eigenvalue weighted by atomic mass is 10.0. The minimum atomic E-state index is -4.31. The van der Waals surface area contributed by atoms with Crippen molar-refractivity contribution in [1.82, 2.24) is 9.32 Å². The predicted molar refractivity (Wildman–Crippen MR) is 77.6 cm³/mol. The van der Waals surface area contributed by atoms with E-state index in [0.717, 1.165) is 12.5 Å². The molecular formula is C14H21ClF3N2+. The fourth-order valence-electron chi connectivity index (χ4n) is 1.79. The van der Waals surface area contributed by atoms with Gasteiger partial charge in [0.2, 0.25) is 0 Å². The minimum absolute atomic E-state index is 0.265. The number of alkyl halides is 3. The molecule has 0 aromatic heterocycles. The van der Waals surface area contributed by atoms with Crippen LogP contribution in [0, 0.1) is 0 Å². The molecule has 0 saturated carbocycles. The zero-order valence-corrected chi connectivity index (χ0v) is 12.9. The molecule has 6 heteroatoms. The minimum Gasteiger partial charge on any atom is -0.296 e. The van der Waals surface area contributed by atoms with Crippen LogP contribution in [-0.2, 0) is 6.18 Å². The summed E-state index contributed by atoms with van der Waals surface area (Å²) >= 11 is 5.65. The molecule has 0 unspecified atom stereocenters. The van der Waals surface area contributed by atoms with Crippen LogP contribution in [0.25, 0.3) is 0 Å². The van der Waals surface area contributed by atoms with Crippen molar-refractivity contribution in [3.63, 3.8) is 0 Å². The molecule has 0 aliphatic carbocycles. The first-order chi connectivity index (χ1) is 8.98. The van der Waals surface area contributed by atoms with E-state index in [2.05, 4.69) is 4.84 Å². The van der Waals surface area contributed by atoms with Crippen LogP contribution in [0.2, 0.25) is 0 Å². The average Bonchev–Trinajstić information content (AvgIpc) is 2.36. The summed E-state index contributed by atoms with van der Waals surface area (Å²) < 4.78 is 38.6. The number of halogens is 4. The highest BCUT2D eigenvalue weighted by Crippen LogP contribution is 2.32. The Bertz CT molecular complexity index is 456. The third kappa shape index (κ3) is 4.65. The number of nitrogens with one attached hydrogen (secondary N) is 1. The first-order valence-electron chi connectivity index (χ1n) is 6.37. The Hall–Kier alpha value is -0.780. The summed E-state index contributed by atoms with van der Waals surface area (Å²) in [6.45, 7) is 4.58. The van der Waals surface area contributed by atoms with E-state index in [1.54, 1.807) is 6.07 Å². The topological polar surface area (TPSA) is 12.0 Å². The summed E-state index contributed by atoms with van der Waals surface area (Å²) in [4.78, 5) is 2.68. The van der Waals surface area contributed by atoms with Gasteiger partial charge in [-0.1, -0.05) is 6.07 Å². The monoisotopic (exact) mass is 309 g/mol. The van der Waals surface area contributed by atoms with Crippen molar-refractivity contribution in [3.05, 3.63) is 29.8 Å². The van der Waals surface area contributed by atoms with Gasteiger partial charge >= 0.3 is 6.18 Å². The Morgan fingerprint density at radius 1 is 1.20 bits per heavy atom. The number of hydrogen-bond acceptors (Lipinski definition) is 1. The predicted octanol–water partition coefficient (Wildman–Crippen LogP) is 4.18. The standard InChI is InChI=1S/C14H21ClF3N2/c1-13(2,19-15)8-9-20(3,4)12-7-5-6-11(10-12)14(16,17)18/h5-7,10,19H,8-9H2,1-4H3/q+1. The molecule has 0 aliphatic rings. The number of benzene rings is 1. The first kappa shape index (κ1) is 17.3. The first-order valence-corrected chi connectivity index (χ1v) is 6.74. The molecule has 1 aromatic carbocycles. The van der Waals surface area contributed by atoms with Crippen LogP contribution in [0.5, 0.6) is 0 Å². The third-order valence-corrected chi connectivity index (χ3v) is 3.94. The van der Waals surface area contributed by atoms with Gasteiger partial charge in [-0.25, -0.2) is 4.84 Å². The second-order valence-electron chi connectivity index (χ2n) is 6.19. The second kappa shape index (κ2) is 5.92. The van der Waals surface area contributed by atoms with Crippen molar-refractivity contribution >= 4 is 17.5 Å². The molecule has 114 valence electrons. The van der Waals surface area contributed by atoms with E-state index in [0.29, 0.717) is 16.7 Å². The van der Waals surface area contributed by atoms with Crippen LogP contribution >= 0.6 is 11.8 Å². The summed E-state index contributed by atoms with van der Waals surface area (Å²) in [5, 5.41) is 0. The molecule has 0 bridgehead atoms. The Labute approximate surface area is 123 Å². The highest BCUT2D eigenvalue weighted by molar-refractivity contribution is 6.13. The van der Waals surface area contributed by atoms with Crippen LogP contribution in [-0.4, -0.2) is 26.2 Å². The summed E-state index contributed by atoms with van der Waals surface area (Å²) in [5.41, 5.74) is -0.250. The Morgan fingerprint density at radius 3 is 2.30 bits per heavy atom. The molecule has 1 rings (SSSR count). The largest absolute Gasteiger partial charge is 0.416 e. The molecule has 2 nitrogen and oxygen atoms in total. The second-order valence-corrected chi connectivity index (χ2v) is 6.37. The van der Waals surface area contributed by atoms with Gasteiger partial charge < -0.3 is 0 Å². The van der Waals surface area contributed by atoms with Crippen LogP contribution < -0.4 is 9.32 Å². The van der Waals surface area contributed by atoms with E-state index in [1.165, 1.54) is 12.1 Å². The van der Waals surface area contributed by atoms with Gasteiger partial charge in [0.15, 0.2) is 0 Å². The summed E-state index contributed by atoms with van der Waals surface area (Å²) in [5.74, 6) is 0. The van der Waals surface area contributed by atoms with Gasteiger partial charge in [0.05, 0.1) is 26.2 Å². The number of hydrogen-bond donors (Lipinski definition) is 1. The van der Waals surface area contributed by atoms with E-state index in [-0.39, 0.29) is 5.54 Å². The molecular weight excluding hydrogens is 289 g/mol. The summed E-state index contributed by atoms with van der Waals surface area (Å²) in [6.07, 6.45) is -3.58. The van der Waals surface area contributed by atoms with Crippen LogP contribution in [0.4, 0.5) is 18.9 Å². The smallest absolute Gasteiger partial charge is 0.296 e. The SMILES string of the molecule is CC(C)(CC[N+](C)(C)c1cccc(C(F)(F)F)c1)NCl. The number of nitrogens with zero attached hydrogens (tertiary/aromatic N) is 1. The van der Waals surface area contributed by atoms with Gasteiger partial charge in [0, 0.05) is 18.0 Å². The zero-order valence-electron chi connectivity index (χ0n) is 12.2. The molecule has 0 saturated heterocycles. The van der Waals surface area contributed by atoms with Crippen molar-refractivity contribution in [2.24, 2.45) is 0 Å². The van der Waals surface area contributed by atoms with Crippen molar-refractivity contribution in [1.29, 1.82) is 0 Å². The number of rotatable bonds is 5. The van der Waals surface area contributed by atoms with Gasteiger partial charge in [-0.05, 0) is 37.8 Å². The Kier molecular flexibility index (Phi) is 5.11. The lowest BCUT2D eigenvalue weighted by Gasteiger charge is -2.33. The maximum atomic E-state index is 12.8. The summed E-state index contributed by atoms with van der Waals surface area (Å²) in [6, 6.07) is 5.47. The quantitative estimate of drug-likeness (QED) is 0.635. The molecule has 0 fully saturated rings. The normalized spacial score (nSPS) is 13.6. The molecule has 1 aromatic rings. The fraction of sp³-hybridized carbons (Fsp3) is 0.571. The zero-order chi connectivity index (χ0) is 15.6. The molecule has 0 radical (unpaired) electrons. The molecule has 0 spiro atoms. The van der Waals surface area contributed by atoms with Crippen LogP contribution in [0.1, 0.15) is 25.8 Å². The highest BCUT2D eigenvalue weighted by Gasteiger charge is 2.33. The molecule has 0 amide bonds. The maximum Gasteiger partial charge on any atom is 0.416 e. The van der Waals surface area contributed by atoms with Crippen LogP contribution in [0.3, 0.4) is 0 Å². The maximum absolute atomic E-state index is 12.8. The van der Waals surface area contributed by atoms with Gasteiger partial charge in [0.1, 0.15) is 5.69 Å². The van der Waals surface area contributed by atoms with Gasteiger partial charge in [0.25, 0.3) is 0 Å². The van der Waals surface area contributed by atoms with E-state index in [9.17, 15) is 13.2 Å². The van der Waals surface area contributed by atoms with Gasteiger partial charge in [-0.15, -0.1) is 0 Å². The average molecular weight is 310 g/mol.